The maximum Gasteiger partial charge on any atom is 0.328 e. The Hall–Kier alpha value is -1.75. The number of rotatable bonds is 6. The summed E-state index contributed by atoms with van der Waals surface area (Å²) in [4.78, 5) is 22.8. The summed E-state index contributed by atoms with van der Waals surface area (Å²) in [6, 6.07) is 5.32. The van der Waals surface area contributed by atoms with E-state index in [4.69, 9.17) is 5.11 Å². The van der Waals surface area contributed by atoms with Crippen molar-refractivity contribution in [1.82, 2.24) is 5.32 Å². The molecular formula is C16H19NO3S. The molecule has 0 atom stereocenters. The van der Waals surface area contributed by atoms with Crippen molar-refractivity contribution in [3.63, 3.8) is 0 Å². The molecule has 1 aromatic rings. The standard InChI is InChI=1S/C16H19NO3S/c1-11-3-4-13(9-12(11)5-6-14(18)19)15(20)17-10-16(21-2)7-8-16/h3-6,9H,7-8,10H2,1-2H3,(H,17,20)(H,18,19)/b6-5+. The Bertz CT molecular complexity index is 591. The van der Waals surface area contributed by atoms with Crippen LogP contribution in [0.25, 0.3) is 6.08 Å². The van der Waals surface area contributed by atoms with Gasteiger partial charge in [-0.2, -0.15) is 11.8 Å². The largest absolute Gasteiger partial charge is 0.478 e. The lowest BCUT2D eigenvalue weighted by Gasteiger charge is -2.13. The molecule has 0 aromatic heterocycles. The van der Waals surface area contributed by atoms with Gasteiger partial charge in [-0.3, -0.25) is 4.79 Å². The Balaban J connectivity index is 2.07. The van der Waals surface area contributed by atoms with Crippen molar-refractivity contribution in [2.75, 3.05) is 12.8 Å². The highest BCUT2D eigenvalue weighted by Crippen LogP contribution is 2.46. The molecule has 2 N–H and O–H groups in total. The average molecular weight is 305 g/mol. The van der Waals surface area contributed by atoms with E-state index in [1.807, 2.05) is 13.0 Å². The van der Waals surface area contributed by atoms with Crippen molar-refractivity contribution >= 4 is 29.7 Å². The zero-order chi connectivity index (χ0) is 15.5. The molecule has 0 saturated heterocycles. The number of amides is 1. The van der Waals surface area contributed by atoms with Gasteiger partial charge in [0.1, 0.15) is 0 Å². The van der Waals surface area contributed by atoms with Gasteiger partial charge in [-0.1, -0.05) is 6.07 Å². The van der Waals surface area contributed by atoms with Crippen molar-refractivity contribution in [3.8, 4) is 0 Å². The van der Waals surface area contributed by atoms with Crippen molar-refractivity contribution in [1.29, 1.82) is 0 Å². The second-order valence-electron chi connectivity index (χ2n) is 5.31. The molecule has 0 radical (unpaired) electrons. The molecule has 0 spiro atoms. The Morgan fingerprint density at radius 1 is 1.43 bits per heavy atom. The van der Waals surface area contributed by atoms with Crippen LogP contribution in [0.15, 0.2) is 24.3 Å². The molecular weight excluding hydrogens is 286 g/mol. The number of thioether (sulfide) groups is 1. The minimum Gasteiger partial charge on any atom is -0.478 e. The first-order valence-electron chi connectivity index (χ1n) is 6.81. The first kappa shape index (κ1) is 15.6. The van der Waals surface area contributed by atoms with E-state index in [-0.39, 0.29) is 10.7 Å². The van der Waals surface area contributed by atoms with E-state index in [1.165, 1.54) is 6.08 Å². The molecule has 21 heavy (non-hydrogen) atoms. The van der Waals surface area contributed by atoms with Crippen LogP contribution < -0.4 is 5.32 Å². The van der Waals surface area contributed by atoms with Crippen LogP contribution in [0.4, 0.5) is 0 Å². The second-order valence-corrected chi connectivity index (χ2v) is 6.59. The predicted molar refractivity (Wildman–Crippen MR) is 85.7 cm³/mol. The van der Waals surface area contributed by atoms with E-state index < -0.39 is 5.97 Å². The summed E-state index contributed by atoms with van der Waals surface area (Å²) >= 11 is 1.80. The number of benzene rings is 1. The van der Waals surface area contributed by atoms with Crippen LogP contribution in [0.3, 0.4) is 0 Å². The first-order valence-corrected chi connectivity index (χ1v) is 8.03. The van der Waals surface area contributed by atoms with Crippen molar-refractivity contribution in [2.45, 2.75) is 24.5 Å². The summed E-state index contributed by atoms with van der Waals surface area (Å²) in [7, 11) is 0. The molecule has 1 saturated carbocycles. The Morgan fingerprint density at radius 2 is 2.14 bits per heavy atom. The Labute approximate surface area is 128 Å². The Kier molecular flexibility index (Phi) is 4.73. The molecule has 5 heteroatoms. The summed E-state index contributed by atoms with van der Waals surface area (Å²) in [6.45, 7) is 2.57. The van der Waals surface area contributed by atoms with Crippen LogP contribution in [0.5, 0.6) is 0 Å². The molecule has 0 aliphatic heterocycles. The molecule has 0 bridgehead atoms. The van der Waals surface area contributed by atoms with Crippen molar-refractivity contribution in [2.24, 2.45) is 0 Å². The highest BCUT2D eigenvalue weighted by Gasteiger charge is 2.41. The summed E-state index contributed by atoms with van der Waals surface area (Å²) in [5.74, 6) is -1.11. The predicted octanol–water partition coefficient (Wildman–Crippen LogP) is 2.72. The number of carbonyl (C=O) groups is 2. The van der Waals surface area contributed by atoms with E-state index in [2.05, 4.69) is 11.6 Å². The van der Waals surface area contributed by atoms with Crippen molar-refractivity contribution < 1.29 is 14.7 Å². The molecule has 1 amide bonds. The summed E-state index contributed by atoms with van der Waals surface area (Å²) in [5.41, 5.74) is 2.24. The smallest absolute Gasteiger partial charge is 0.328 e. The quantitative estimate of drug-likeness (QED) is 0.793. The topological polar surface area (TPSA) is 66.4 Å². The highest BCUT2D eigenvalue weighted by molar-refractivity contribution is 8.00. The fraction of sp³-hybridized carbons (Fsp3) is 0.375. The van der Waals surface area contributed by atoms with Gasteiger partial charge in [0.2, 0.25) is 0 Å². The van der Waals surface area contributed by atoms with E-state index in [1.54, 1.807) is 23.9 Å². The SMILES string of the molecule is CSC1(CNC(=O)c2ccc(C)c(/C=C/C(=O)O)c2)CC1. The number of carboxylic acid groups (broad SMARTS) is 1. The van der Waals surface area contributed by atoms with Gasteiger partial charge < -0.3 is 10.4 Å². The van der Waals surface area contributed by atoms with Gasteiger partial charge in [0.15, 0.2) is 0 Å². The van der Waals surface area contributed by atoms with Gasteiger partial charge in [0, 0.05) is 22.9 Å². The number of carbonyl (C=O) groups excluding carboxylic acids is 1. The lowest BCUT2D eigenvalue weighted by atomic mass is 10.0. The number of aliphatic carboxylic acids is 1. The maximum atomic E-state index is 12.2. The molecule has 2 rings (SSSR count). The van der Waals surface area contributed by atoms with Crippen LogP contribution >= 0.6 is 11.8 Å². The monoisotopic (exact) mass is 305 g/mol. The minimum atomic E-state index is -1.00. The third-order valence-electron chi connectivity index (χ3n) is 3.76. The van der Waals surface area contributed by atoms with Crippen LogP contribution in [-0.4, -0.2) is 34.5 Å². The van der Waals surface area contributed by atoms with E-state index in [0.717, 1.165) is 30.0 Å². The summed E-state index contributed by atoms with van der Waals surface area (Å²) < 4.78 is 0.229. The van der Waals surface area contributed by atoms with Gasteiger partial charge >= 0.3 is 5.97 Å². The van der Waals surface area contributed by atoms with E-state index in [0.29, 0.717) is 12.1 Å². The number of hydrogen-bond acceptors (Lipinski definition) is 3. The average Bonchev–Trinajstić information content (AvgIpc) is 3.24. The molecule has 0 heterocycles. The van der Waals surface area contributed by atoms with Gasteiger partial charge in [0.05, 0.1) is 0 Å². The minimum absolute atomic E-state index is 0.111. The fourth-order valence-corrected chi connectivity index (χ4v) is 2.79. The lowest BCUT2D eigenvalue weighted by Crippen LogP contribution is -2.31. The maximum absolute atomic E-state index is 12.2. The fourth-order valence-electron chi connectivity index (χ4n) is 2.06. The lowest BCUT2D eigenvalue weighted by molar-refractivity contribution is -0.131. The number of aryl methyl sites for hydroxylation is 1. The van der Waals surface area contributed by atoms with Crippen LogP contribution in [-0.2, 0) is 4.79 Å². The van der Waals surface area contributed by atoms with E-state index >= 15 is 0 Å². The van der Waals surface area contributed by atoms with Crippen LogP contribution in [0, 0.1) is 6.92 Å². The number of carboxylic acids is 1. The zero-order valence-electron chi connectivity index (χ0n) is 12.2. The summed E-state index contributed by atoms with van der Waals surface area (Å²) in [6.07, 6.45) is 6.96. The Morgan fingerprint density at radius 3 is 2.71 bits per heavy atom. The van der Waals surface area contributed by atoms with Gasteiger partial charge in [0.25, 0.3) is 5.91 Å². The molecule has 112 valence electrons. The first-order chi connectivity index (χ1) is 9.96. The van der Waals surface area contributed by atoms with Crippen LogP contribution in [0.2, 0.25) is 0 Å². The molecule has 0 unspecified atom stereocenters. The normalized spacial score (nSPS) is 15.9. The third-order valence-corrected chi connectivity index (χ3v) is 5.18. The van der Waals surface area contributed by atoms with Gasteiger partial charge in [-0.15, -0.1) is 0 Å². The van der Waals surface area contributed by atoms with Crippen LogP contribution in [0.1, 0.15) is 34.3 Å². The molecule has 1 aliphatic carbocycles. The summed E-state index contributed by atoms with van der Waals surface area (Å²) in [5, 5.41) is 11.6. The van der Waals surface area contributed by atoms with E-state index in [9.17, 15) is 9.59 Å². The number of nitrogens with one attached hydrogen (secondary N) is 1. The number of hydrogen-bond donors (Lipinski definition) is 2. The molecule has 1 fully saturated rings. The van der Waals surface area contributed by atoms with Crippen molar-refractivity contribution in [3.05, 3.63) is 41.0 Å². The molecule has 1 aromatic carbocycles. The highest BCUT2D eigenvalue weighted by atomic mass is 32.2. The zero-order valence-corrected chi connectivity index (χ0v) is 13.0. The molecule has 1 aliphatic rings. The second kappa shape index (κ2) is 6.35. The molecule has 4 nitrogen and oxygen atoms in total. The third kappa shape index (κ3) is 4.11. The van der Waals surface area contributed by atoms with Gasteiger partial charge in [-0.25, -0.2) is 4.79 Å². The van der Waals surface area contributed by atoms with Gasteiger partial charge in [-0.05, 0) is 55.4 Å².